The SMILES string of the molecule is CCOC(=O)[C@]1(c2ccccc2)C(=O)N2[C@@H](c3ccccc3)OC[C@@H]2[C@H]1CC(=O)OC(C)(C)C. The Labute approximate surface area is 200 Å². The van der Waals surface area contributed by atoms with E-state index in [9.17, 15) is 14.4 Å². The van der Waals surface area contributed by atoms with Crippen molar-refractivity contribution >= 4 is 17.8 Å². The summed E-state index contributed by atoms with van der Waals surface area (Å²) in [4.78, 5) is 42.6. The number of hydrogen-bond donors (Lipinski definition) is 0. The van der Waals surface area contributed by atoms with Gasteiger partial charge >= 0.3 is 11.9 Å². The van der Waals surface area contributed by atoms with Crippen LogP contribution in [0, 0.1) is 5.92 Å². The molecule has 0 bridgehead atoms. The lowest BCUT2D eigenvalue weighted by Gasteiger charge is -2.33. The molecule has 0 unspecified atom stereocenters. The van der Waals surface area contributed by atoms with Gasteiger partial charge in [0, 0.05) is 11.5 Å². The molecule has 1 amide bonds. The van der Waals surface area contributed by atoms with Crippen LogP contribution in [-0.2, 0) is 34.0 Å². The van der Waals surface area contributed by atoms with E-state index in [0.717, 1.165) is 5.56 Å². The molecule has 0 radical (unpaired) electrons. The third-order valence-electron chi connectivity index (χ3n) is 6.35. The quantitative estimate of drug-likeness (QED) is 0.477. The van der Waals surface area contributed by atoms with Gasteiger partial charge < -0.3 is 19.1 Å². The van der Waals surface area contributed by atoms with Crippen LogP contribution in [0.1, 0.15) is 51.5 Å². The lowest BCUT2D eigenvalue weighted by atomic mass is 9.68. The Morgan fingerprint density at radius 1 is 1.06 bits per heavy atom. The topological polar surface area (TPSA) is 82.1 Å². The third kappa shape index (κ3) is 4.09. The zero-order valence-corrected chi connectivity index (χ0v) is 20.0. The van der Waals surface area contributed by atoms with E-state index in [1.807, 2.05) is 36.4 Å². The number of rotatable bonds is 6. The highest BCUT2D eigenvalue weighted by atomic mass is 16.6. The van der Waals surface area contributed by atoms with Crippen molar-refractivity contribution in [2.24, 2.45) is 5.92 Å². The van der Waals surface area contributed by atoms with E-state index in [0.29, 0.717) is 5.56 Å². The van der Waals surface area contributed by atoms with E-state index >= 15 is 0 Å². The van der Waals surface area contributed by atoms with Crippen LogP contribution in [-0.4, -0.2) is 47.6 Å². The molecule has 2 aromatic carbocycles. The van der Waals surface area contributed by atoms with Gasteiger partial charge in [0.15, 0.2) is 11.6 Å². The fraction of sp³-hybridized carbons (Fsp3) is 0.444. The van der Waals surface area contributed by atoms with E-state index in [4.69, 9.17) is 14.2 Å². The molecule has 0 saturated carbocycles. The van der Waals surface area contributed by atoms with E-state index in [-0.39, 0.29) is 19.6 Å². The summed E-state index contributed by atoms with van der Waals surface area (Å²) < 4.78 is 17.2. The molecular weight excluding hydrogens is 434 g/mol. The van der Waals surface area contributed by atoms with E-state index in [2.05, 4.69) is 0 Å². The van der Waals surface area contributed by atoms with Gasteiger partial charge in [-0.3, -0.25) is 14.4 Å². The summed E-state index contributed by atoms with van der Waals surface area (Å²) in [6.45, 7) is 7.39. The van der Waals surface area contributed by atoms with Crippen LogP contribution in [0.5, 0.6) is 0 Å². The lowest BCUT2D eigenvalue weighted by molar-refractivity contribution is -0.161. The molecule has 7 nitrogen and oxygen atoms in total. The number of esters is 2. The second-order valence-electron chi connectivity index (χ2n) is 9.67. The minimum absolute atomic E-state index is 0.114. The molecule has 2 aliphatic heterocycles. The number of fused-ring (bicyclic) bond motifs is 1. The van der Waals surface area contributed by atoms with Gasteiger partial charge in [-0.15, -0.1) is 0 Å². The lowest BCUT2D eigenvalue weighted by Crippen LogP contribution is -2.50. The zero-order valence-electron chi connectivity index (χ0n) is 20.0. The van der Waals surface area contributed by atoms with Crippen molar-refractivity contribution in [3.63, 3.8) is 0 Å². The maximum Gasteiger partial charge on any atom is 0.326 e. The van der Waals surface area contributed by atoms with Gasteiger partial charge in [-0.05, 0) is 33.3 Å². The van der Waals surface area contributed by atoms with E-state index < -0.39 is 47.0 Å². The predicted octanol–water partition coefficient (Wildman–Crippen LogP) is 3.78. The van der Waals surface area contributed by atoms with Crippen LogP contribution in [0.3, 0.4) is 0 Å². The maximum atomic E-state index is 14.3. The average Bonchev–Trinajstić information content (AvgIpc) is 3.32. The molecule has 180 valence electrons. The van der Waals surface area contributed by atoms with Crippen molar-refractivity contribution in [3.8, 4) is 0 Å². The molecule has 2 saturated heterocycles. The molecule has 34 heavy (non-hydrogen) atoms. The number of carbonyl (C=O) groups excluding carboxylic acids is 3. The highest BCUT2D eigenvalue weighted by Crippen LogP contribution is 2.52. The summed E-state index contributed by atoms with van der Waals surface area (Å²) in [5.41, 5.74) is -1.05. The number of ether oxygens (including phenoxy) is 3. The van der Waals surface area contributed by atoms with Gasteiger partial charge in [-0.2, -0.15) is 0 Å². The van der Waals surface area contributed by atoms with Gasteiger partial charge in [-0.25, -0.2) is 0 Å². The first-order valence-corrected chi connectivity index (χ1v) is 11.6. The first kappa shape index (κ1) is 24.0. The van der Waals surface area contributed by atoms with Crippen molar-refractivity contribution in [2.75, 3.05) is 13.2 Å². The summed E-state index contributed by atoms with van der Waals surface area (Å²) in [6, 6.07) is 17.8. The Kier molecular flexibility index (Phi) is 6.49. The zero-order chi connectivity index (χ0) is 24.5. The van der Waals surface area contributed by atoms with Crippen LogP contribution in [0.2, 0.25) is 0 Å². The number of hydrogen-bond acceptors (Lipinski definition) is 6. The average molecular weight is 466 g/mol. The molecule has 4 atom stereocenters. The molecule has 2 heterocycles. The third-order valence-corrected chi connectivity index (χ3v) is 6.35. The van der Waals surface area contributed by atoms with Gasteiger partial charge in [0.2, 0.25) is 5.91 Å². The second kappa shape index (κ2) is 9.22. The molecule has 0 aromatic heterocycles. The Morgan fingerprint density at radius 3 is 2.26 bits per heavy atom. The predicted molar refractivity (Wildman–Crippen MR) is 124 cm³/mol. The highest BCUT2D eigenvalue weighted by Gasteiger charge is 2.68. The first-order chi connectivity index (χ1) is 16.2. The maximum absolute atomic E-state index is 14.3. The van der Waals surface area contributed by atoms with Crippen LogP contribution in [0.25, 0.3) is 0 Å². The summed E-state index contributed by atoms with van der Waals surface area (Å²) in [5, 5.41) is 0. The summed E-state index contributed by atoms with van der Waals surface area (Å²) in [5.74, 6) is -2.26. The molecule has 2 aliphatic rings. The van der Waals surface area contributed by atoms with Crippen LogP contribution >= 0.6 is 0 Å². The van der Waals surface area contributed by atoms with E-state index in [1.165, 1.54) is 0 Å². The Hall–Kier alpha value is -3.19. The standard InChI is InChI=1S/C27H31NO6/c1-5-32-25(31)27(19-14-10-7-11-15-19)20(16-22(29)34-26(2,3)4)21-17-33-23(28(21)24(27)30)18-12-8-6-9-13-18/h6-15,20-21,23H,5,16-17H2,1-4H3/t20-,21-,23-,27+/m1/s1. The molecule has 2 fully saturated rings. The molecule has 0 spiro atoms. The smallest absolute Gasteiger partial charge is 0.326 e. The van der Waals surface area contributed by atoms with Gasteiger partial charge in [0.25, 0.3) is 0 Å². The number of nitrogens with zero attached hydrogens (tertiary/aromatic N) is 1. The van der Waals surface area contributed by atoms with Crippen molar-refractivity contribution < 1.29 is 28.6 Å². The van der Waals surface area contributed by atoms with Crippen LogP contribution in [0.15, 0.2) is 60.7 Å². The number of benzene rings is 2. The van der Waals surface area contributed by atoms with Crippen LogP contribution in [0.4, 0.5) is 0 Å². The van der Waals surface area contributed by atoms with Crippen molar-refractivity contribution in [1.82, 2.24) is 4.90 Å². The van der Waals surface area contributed by atoms with Crippen LogP contribution < -0.4 is 0 Å². The summed E-state index contributed by atoms with van der Waals surface area (Å²) in [6.07, 6.45) is -0.775. The molecule has 4 rings (SSSR count). The molecule has 0 N–H and O–H groups in total. The molecular formula is C27H31NO6. The minimum Gasteiger partial charge on any atom is -0.465 e. The largest absolute Gasteiger partial charge is 0.465 e. The first-order valence-electron chi connectivity index (χ1n) is 11.6. The van der Waals surface area contributed by atoms with Crippen molar-refractivity contribution in [3.05, 3.63) is 71.8 Å². The van der Waals surface area contributed by atoms with E-state index in [1.54, 1.807) is 56.9 Å². The fourth-order valence-corrected chi connectivity index (χ4v) is 5.11. The van der Waals surface area contributed by atoms with Crippen molar-refractivity contribution in [2.45, 2.75) is 57.4 Å². The Bertz CT molecular complexity index is 1050. The van der Waals surface area contributed by atoms with Gasteiger partial charge in [0.05, 0.1) is 25.7 Å². The van der Waals surface area contributed by atoms with Gasteiger partial charge in [-0.1, -0.05) is 60.7 Å². The minimum atomic E-state index is -1.67. The monoisotopic (exact) mass is 465 g/mol. The summed E-state index contributed by atoms with van der Waals surface area (Å²) >= 11 is 0. The van der Waals surface area contributed by atoms with Crippen molar-refractivity contribution in [1.29, 1.82) is 0 Å². The normalized spacial score (nSPS) is 26.3. The number of amides is 1. The van der Waals surface area contributed by atoms with Gasteiger partial charge in [0.1, 0.15) is 5.60 Å². The number of carbonyl (C=O) groups is 3. The molecule has 0 aliphatic carbocycles. The highest BCUT2D eigenvalue weighted by molar-refractivity contribution is 6.11. The second-order valence-corrected chi connectivity index (χ2v) is 9.67. The molecule has 7 heteroatoms. The Morgan fingerprint density at radius 2 is 1.68 bits per heavy atom. The fourth-order valence-electron chi connectivity index (χ4n) is 5.11. The molecule has 2 aromatic rings. The summed E-state index contributed by atoms with van der Waals surface area (Å²) in [7, 11) is 0. The Balaban J connectivity index is 1.85.